The van der Waals surface area contributed by atoms with Crippen molar-refractivity contribution in [2.75, 3.05) is 0 Å². The van der Waals surface area contributed by atoms with Gasteiger partial charge in [-0.15, -0.1) is 0 Å². The van der Waals surface area contributed by atoms with Crippen molar-refractivity contribution in [3.63, 3.8) is 0 Å². The van der Waals surface area contributed by atoms with Crippen LogP contribution in [0.3, 0.4) is 0 Å². The Morgan fingerprint density at radius 3 is 2.26 bits per heavy atom. The minimum atomic E-state index is -0.245. The highest BCUT2D eigenvalue weighted by Crippen LogP contribution is 2.66. The Kier molecular flexibility index (Phi) is 3.69. The summed E-state index contributed by atoms with van der Waals surface area (Å²) in [6, 6.07) is 0. The Balaban J connectivity index is 1.68. The monoisotopic (exact) mass is 322 g/mol. The van der Waals surface area contributed by atoms with Crippen molar-refractivity contribution in [2.24, 2.45) is 40.4 Å². The Hall–Kier alpha value is -0.120. The van der Waals surface area contributed by atoms with Crippen LogP contribution in [0.2, 0.25) is 0 Å². The molecule has 0 heterocycles. The van der Waals surface area contributed by atoms with E-state index in [1.54, 1.807) is 0 Å². The van der Waals surface area contributed by atoms with E-state index in [0.717, 1.165) is 44.9 Å². The number of rotatable bonds is 0. The van der Waals surface area contributed by atoms with Crippen LogP contribution in [0.25, 0.3) is 0 Å². The summed E-state index contributed by atoms with van der Waals surface area (Å²) in [7, 11) is 0. The van der Waals surface area contributed by atoms with Gasteiger partial charge in [-0.25, -0.2) is 0 Å². The minimum absolute atomic E-state index is 0.00105. The van der Waals surface area contributed by atoms with Crippen molar-refractivity contribution in [3.8, 4) is 0 Å². The lowest BCUT2D eigenvalue weighted by atomic mass is 9.44. The Labute approximate surface area is 140 Å². The van der Waals surface area contributed by atoms with Gasteiger partial charge in [0.2, 0.25) is 0 Å². The van der Waals surface area contributed by atoms with E-state index in [9.17, 15) is 15.3 Å². The molecule has 0 amide bonds. The summed E-state index contributed by atoms with van der Waals surface area (Å²) in [6.07, 6.45) is 6.44. The van der Waals surface area contributed by atoms with Crippen LogP contribution in [-0.2, 0) is 0 Å². The topological polar surface area (TPSA) is 60.7 Å². The highest BCUT2D eigenvalue weighted by molar-refractivity contribution is 5.12. The summed E-state index contributed by atoms with van der Waals surface area (Å²) < 4.78 is 0. The summed E-state index contributed by atoms with van der Waals surface area (Å²) in [5, 5.41) is 31.9. The first-order chi connectivity index (χ1) is 10.8. The molecule has 0 spiro atoms. The Morgan fingerprint density at radius 2 is 1.52 bits per heavy atom. The molecule has 4 fully saturated rings. The van der Waals surface area contributed by atoms with E-state index in [0.29, 0.717) is 29.6 Å². The quantitative estimate of drug-likeness (QED) is 0.642. The summed E-state index contributed by atoms with van der Waals surface area (Å²) >= 11 is 0. The standard InChI is InChI=1S/C20H34O3/c1-11-8-15-17-14(5-7-20(15,3)18(11)23)19(2)6-4-13(21)9-12(19)10-16(17)22/h11-18,21-23H,4-10H2,1-3H3/t11-,12+,13+,14?,15?,16-,17?,18+,19+,20+/m1/s1. The maximum Gasteiger partial charge on any atom is 0.0622 e. The van der Waals surface area contributed by atoms with Crippen molar-refractivity contribution in [1.82, 2.24) is 0 Å². The molecule has 0 bridgehead atoms. The molecule has 0 radical (unpaired) electrons. The number of aliphatic hydroxyl groups is 3. The zero-order valence-electron chi connectivity index (χ0n) is 14.9. The number of hydrogen-bond donors (Lipinski definition) is 3. The van der Waals surface area contributed by atoms with Crippen LogP contribution in [0.5, 0.6) is 0 Å². The third-order valence-corrected chi connectivity index (χ3v) is 8.93. The van der Waals surface area contributed by atoms with Gasteiger partial charge < -0.3 is 15.3 Å². The average Bonchev–Trinajstić information content (AvgIpc) is 2.73. The summed E-state index contributed by atoms with van der Waals surface area (Å²) in [5.74, 6) is 2.21. The lowest BCUT2D eigenvalue weighted by Crippen LogP contribution is -2.58. The van der Waals surface area contributed by atoms with Gasteiger partial charge in [0.25, 0.3) is 0 Å². The van der Waals surface area contributed by atoms with Gasteiger partial charge in [-0.3, -0.25) is 0 Å². The van der Waals surface area contributed by atoms with Crippen LogP contribution in [0.1, 0.15) is 65.7 Å². The molecule has 132 valence electrons. The molecule has 3 N–H and O–H groups in total. The van der Waals surface area contributed by atoms with Crippen LogP contribution in [0.15, 0.2) is 0 Å². The maximum absolute atomic E-state index is 11.0. The molecule has 4 saturated carbocycles. The van der Waals surface area contributed by atoms with E-state index in [1.807, 2.05) is 0 Å². The lowest BCUT2D eigenvalue weighted by Gasteiger charge is -2.61. The molecule has 4 aliphatic carbocycles. The van der Waals surface area contributed by atoms with Crippen LogP contribution in [0.4, 0.5) is 0 Å². The van der Waals surface area contributed by atoms with Crippen LogP contribution in [0, 0.1) is 40.4 Å². The van der Waals surface area contributed by atoms with E-state index in [2.05, 4.69) is 20.8 Å². The number of fused-ring (bicyclic) bond motifs is 5. The zero-order valence-corrected chi connectivity index (χ0v) is 14.9. The van der Waals surface area contributed by atoms with Crippen molar-refractivity contribution in [2.45, 2.75) is 84.0 Å². The second-order valence-corrected chi connectivity index (χ2v) is 9.93. The van der Waals surface area contributed by atoms with Gasteiger partial charge in [0, 0.05) is 0 Å². The molecule has 4 rings (SSSR count). The molecule has 4 aliphatic rings. The number of hydrogen-bond acceptors (Lipinski definition) is 3. The molecule has 0 aromatic carbocycles. The second-order valence-electron chi connectivity index (χ2n) is 9.93. The highest BCUT2D eigenvalue weighted by Gasteiger charge is 2.63. The van der Waals surface area contributed by atoms with Gasteiger partial charge in [0.15, 0.2) is 0 Å². The van der Waals surface area contributed by atoms with Crippen LogP contribution >= 0.6 is 0 Å². The molecule has 0 aromatic rings. The van der Waals surface area contributed by atoms with Gasteiger partial charge in [-0.05, 0) is 85.4 Å². The van der Waals surface area contributed by atoms with Crippen LogP contribution in [-0.4, -0.2) is 33.6 Å². The fourth-order valence-electron chi connectivity index (χ4n) is 7.54. The fraction of sp³-hybridized carbons (Fsp3) is 1.00. The average molecular weight is 322 g/mol. The molecular formula is C20H34O3. The van der Waals surface area contributed by atoms with E-state index in [-0.39, 0.29) is 29.1 Å². The van der Waals surface area contributed by atoms with Crippen molar-refractivity contribution < 1.29 is 15.3 Å². The molecular weight excluding hydrogens is 288 g/mol. The first-order valence-corrected chi connectivity index (χ1v) is 9.81. The van der Waals surface area contributed by atoms with Gasteiger partial charge in [0.05, 0.1) is 18.3 Å². The largest absolute Gasteiger partial charge is 0.393 e. The molecule has 10 atom stereocenters. The molecule has 3 heteroatoms. The minimum Gasteiger partial charge on any atom is -0.393 e. The number of aliphatic hydroxyl groups excluding tert-OH is 3. The van der Waals surface area contributed by atoms with Crippen molar-refractivity contribution in [3.05, 3.63) is 0 Å². The molecule has 3 nitrogen and oxygen atoms in total. The van der Waals surface area contributed by atoms with E-state index < -0.39 is 0 Å². The fourth-order valence-corrected chi connectivity index (χ4v) is 7.54. The molecule has 3 unspecified atom stereocenters. The van der Waals surface area contributed by atoms with E-state index in [1.165, 1.54) is 0 Å². The molecule has 0 aliphatic heterocycles. The molecule has 0 aromatic heterocycles. The first kappa shape index (κ1) is 16.4. The predicted molar refractivity (Wildman–Crippen MR) is 89.7 cm³/mol. The van der Waals surface area contributed by atoms with Gasteiger partial charge in [0.1, 0.15) is 0 Å². The molecule has 0 saturated heterocycles. The van der Waals surface area contributed by atoms with Crippen LogP contribution < -0.4 is 0 Å². The SMILES string of the molecule is C[C@@H]1CC2C3C(CC[C@]2(C)[C@H]1O)[C@@]1(C)CC[C@H](O)C[C@H]1C[C@H]3O. The van der Waals surface area contributed by atoms with Gasteiger partial charge >= 0.3 is 0 Å². The zero-order chi connectivity index (χ0) is 16.6. The predicted octanol–water partition coefficient (Wildman–Crippen LogP) is 2.97. The second kappa shape index (κ2) is 5.19. The van der Waals surface area contributed by atoms with Gasteiger partial charge in [-0.1, -0.05) is 20.8 Å². The maximum atomic E-state index is 11.0. The smallest absolute Gasteiger partial charge is 0.0622 e. The third-order valence-electron chi connectivity index (χ3n) is 8.93. The van der Waals surface area contributed by atoms with E-state index >= 15 is 0 Å². The lowest BCUT2D eigenvalue weighted by molar-refractivity contribution is -0.177. The molecule has 23 heavy (non-hydrogen) atoms. The van der Waals surface area contributed by atoms with Crippen molar-refractivity contribution in [1.29, 1.82) is 0 Å². The van der Waals surface area contributed by atoms with Gasteiger partial charge in [-0.2, -0.15) is 0 Å². The van der Waals surface area contributed by atoms with Crippen molar-refractivity contribution >= 4 is 0 Å². The highest BCUT2D eigenvalue weighted by atomic mass is 16.3. The first-order valence-electron chi connectivity index (χ1n) is 9.81. The van der Waals surface area contributed by atoms with E-state index in [4.69, 9.17) is 0 Å². The third kappa shape index (κ3) is 2.12. The normalized spacial score (nSPS) is 62.3. The summed E-state index contributed by atoms with van der Waals surface area (Å²) in [4.78, 5) is 0. The Bertz CT molecular complexity index is 480. The Morgan fingerprint density at radius 1 is 0.826 bits per heavy atom. The summed E-state index contributed by atoms with van der Waals surface area (Å²) in [6.45, 7) is 6.89. The summed E-state index contributed by atoms with van der Waals surface area (Å²) in [5.41, 5.74) is 0.278.